The number of hydrogen-bond acceptors (Lipinski definition) is 15. The van der Waals surface area contributed by atoms with Crippen molar-refractivity contribution in [3.8, 4) is 0 Å². The summed E-state index contributed by atoms with van der Waals surface area (Å²) in [5.41, 5.74) is 12.3. The maximum atomic E-state index is 13.2. The van der Waals surface area contributed by atoms with Crippen LogP contribution in [0, 0.1) is 13.8 Å². The van der Waals surface area contributed by atoms with Gasteiger partial charge in [-0.1, -0.05) is 12.1 Å². The van der Waals surface area contributed by atoms with Crippen LogP contribution in [0.2, 0.25) is 0 Å². The minimum Gasteiger partial charge on any atom is -0.478 e. The molecule has 6 rings (SSSR count). The molecule has 4 amide bonds. The smallest absolute Gasteiger partial charge is 0.339 e. The van der Waals surface area contributed by atoms with E-state index in [1.165, 1.54) is 48.5 Å². The summed E-state index contributed by atoms with van der Waals surface area (Å²) in [6.45, 7) is 3.48. The Morgan fingerprint density at radius 1 is 0.485 bits per heavy atom. The molecule has 0 aliphatic heterocycles. The number of carbonyl (C=O) groups excluding carboxylic acids is 5. The van der Waals surface area contributed by atoms with E-state index in [0.29, 0.717) is 69.6 Å². The summed E-state index contributed by atoms with van der Waals surface area (Å²) in [6.07, 6.45) is 2.11. The van der Waals surface area contributed by atoms with Gasteiger partial charge >= 0.3 is 18.0 Å². The molecule has 23 nitrogen and oxygen atoms in total. The van der Waals surface area contributed by atoms with E-state index >= 15 is 0 Å². The minimum atomic E-state index is -4.93. The van der Waals surface area contributed by atoms with Gasteiger partial charge in [0.25, 0.3) is 32.1 Å². The van der Waals surface area contributed by atoms with Gasteiger partial charge in [0.05, 0.1) is 32.6 Å². The molecule has 4 aromatic carbocycles. The fourth-order valence-electron chi connectivity index (χ4n) is 6.07. The number of rotatable bonds is 14. The number of nitrogens with zero attached hydrogens (tertiary/aromatic N) is 2. The topological polar surface area (TPSA) is 366 Å². The monoisotopic (exact) mass is 966 g/mol. The highest BCUT2D eigenvalue weighted by Gasteiger charge is 2.32. The van der Waals surface area contributed by atoms with Crippen LogP contribution in [0.15, 0.2) is 140 Å². The number of hydrazine groups is 2. The zero-order chi connectivity index (χ0) is 49.7. The number of amides is 4. The molecule has 0 saturated carbocycles. The summed E-state index contributed by atoms with van der Waals surface area (Å²) >= 11 is 0. The molecule has 68 heavy (non-hydrogen) atoms. The molecule has 0 radical (unpaired) electrons. The second kappa shape index (κ2) is 19.7. The highest BCUT2D eigenvalue weighted by atomic mass is 32.2. The highest BCUT2D eigenvalue weighted by molar-refractivity contribution is 7.90. The van der Waals surface area contributed by atoms with Gasteiger partial charge in [-0.15, -0.1) is 0 Å². The molecule has 348 valence electrons. The number of ketones is 2. The normalized spacial score (nSPS) is 15.0. The molecular weight excluding hydrogens is 933 g/mol. The van der Waals surface area contributed by atoms with Crippen LogP contribution in [-0.4, -0.2) is 88.9 Å². The predicted molar refractivity (Wildman–Crippen MR) is 247 cm³/mol. The minimum absolute atomic E-state index is 0.0452. The lowest BCUT2D eigenvalue weighted by atomic mass is 10.0. The summed E-state index contributed by atoms with van der Waals surface area (Å²) < 4.78 is 65.1. The Kier molecular flexibility index (Phi) is 14.0. The first-order valence-electron chi connectivity index (χ1n) is 19.2. The number of Topliss-reactive ketones (excluding diaryl/α,β-unsaturated/α-hetero) is 2. The van der Waals surface area contributed by atoms with Crippen molar-refractivity contribution in [3.63, 3.8) is 0 Å². The molecule has 0 unspecified atom stereocenters. The Hall–Kier alpha value is -8.91. The van der Waals surface area contributed by atoms with Crippen molar-refractivity contribution in [2.24, 2.45) is 9.98 Å². The molecular formula is C43H34N8O15S2. The van der Waals surface area contributed by atoms with E-state index in [1.807, 2.05) is 0 Å². The lowest BCUT2D eigenvalue weighted by Gasteiger charge is -2.17. The predicted octanol–water partition coefficient (Wildman–Crippen LogP) is 4.72. The lowest BCUT2D eigenvalue weighted by molar-refractivity contribution is -0.135. The number of urea groups is 1. The van der Waals surface area contributed by atoms with Crippen molar-refractivity contribution in [1.29, 1.82) is 0 Å². The number of benzene rings is 4. The SMILES string of the molecule is Cc1c(NNc2ccc(C(=O)N=C3C=C(S(=O)(=O)O)C=C(C(=O)O)C3=O)cc2)cccc1NC(=O)Nc1cccc(NNc2ccc(C(=O)N=C3C=C(S(=O)(=O)O)C=C(C(=O)O)C3=O)cc2)c1C. The van der Waals surface area contributed by atoms with E-state index < -0.39 is 94.0 Å². The number of hydrogen-bond donors (Lipinski definition) is 10. The number of nitrogens with one attached hydrogen (secondary N) is 6. The molecule has 0 aromatic heterocycles. The van der Waals surface area contributed by atoms with E-state index in [9.17, 15) is 69.7 Å². The Bertz CT molecular complexity index is 3070. The van der Waals surface area contributed by atoms with Gasteiger partial charge in [0.1, 0.15) is 22.6 Å². The maximum absolute atomic E-state index is 13.2. The number of allylic oxidation sites excluding steroid dienone is 4. The Morgan fingerprint density at radius 3 is 1.15 bits per heavy atom. The van der Waals surface area contributed by atoms with Gasteiger partial charge in [-0.2, -0.15) is 16.8 Å². The zero-order valence-electron chi connectivity index (χ0n) is 34.9. The average Bonchev–Trinajstić information content (AvgIpc) is 3.27. The fraction of sp³-hybridized carbons (Fsp3) is 0.0465. The summed E-state index contributed by atoms with van der Waals surface area (Å²) in [5.74, 6) is -8.03. The van der Waals surface area contributed by atoms with E-state index in [4.69, 9.17) is 0 Å². The van der Waals surface area contributed by atoms with Gasteiger partial charge in [-0.25, -0.2) is 24.4 Å². The van der Waals surface area contributed by atoms with Gasteiger partial charge in [0, 0.05) is 22.5 Å². The van der Waals surface area contributed by atoms with Crippen molar-refractivity contribution in [1.82, 2.24) is 0 Å². The van der Waals surface area contributed by atoms with Gasteiger partial charge in [0.15, 0.2) is 0 Å². The quantitative estimate of drug-likeness (QED) is 0.0354. The average molecular weight is 967 g/mol. The zero-order valence-corrected chi connectivity index (χ0v) is 36.5. The molecule has 0 bridgehead atoms. The molecule has 0 saturated heterocycles. The highest BCUT2D eigenvalue weighted by Crippen LogP contribution is 2.27. The largest absolute Gasteiger partial charge is 0.478 e. The molecule has 2 aliphatic carbocycles. The molecule has 0 spiro atoms. The summed E-state index contributed by atoms with van der Waals surface area (Å²) in [5, 5.41) is 24.1. The summed E-state index contributed by atoms with van der Waals surface area (Å²) in [6, 6.07) is 20.8. The van der Waals surface area contributed by atoms with Crippen LogP contribution in [0.1, 0.15) is 31.8 Å². The van der Waals surface area contributed by atoms with Gasteiger partial charge in [0.2, 0.25) is 11.6 Å². The first kappa shape index (κ1) is 48.5. The number of anilines is 6. The molecule has 4 aromatic rings. The van der Waals surface area contributed by atoms with E-state index in [-0.39, 0.29) is 11.1 Å². The third-order valence-corrected chi connectivity index (χ3v) is 11.4. The Balaban J connectivity index is 1.04. The van der Waals surface area contributed by atoms with E-state index in [1.54, 1.807) is 50.2 Å². The Labute approximate surface area is 384 Å². The van der Waals surface area contributed by atoms with Crippen LogP contribution in [0.25, 0.3) is 0 Å². The van der Waals surface area contributed by atoms with Crippen LogP contribution in [0.4, 0.5) is 38.9 Å². The van der Waals surface area contributed by atoms with Crippen molar-refractivity contribution < 1.29 is 69.7 Å². The first-order valence-corrected chi connectivity index (χ1v) is 22.0. The van der Waals surface area contributed by atoms with Gasteiger partial charge in [-0.3, -0.25) is 28.3 Å². The van der Waals surface area contributed by atoms with Crippen molar-refractivity contribution in [3.05, 3.63) is 152 Å². The molecule has 2 aliphatic rings. The number of carboxylic acids is 2. The second-order valence-corrected chi connectivity index (χ2v) is 17.1. The maximum Gasteiger partial charge on any atom is 0.339 e. The van der Waals surface area contributed by atoms with Crippen LogP contribution in [0.5, 0.6) is 0 Å². The molecule has 25 heteroatoms. The van der Waals surface area contributed by atoms with Crippen LogP contribution in [0.3, 0.4) is 0 Å². The third-order valence-electron chi connectivity index (χ3n) is 9.70. The Morgan fingerprint density at radius 2 is 0.824 bits per heavy atom. The summed E-state index contributed by atoms with van der Waals surface area (Å²) in [4.78, 5) is 92.1. The fourth-order valence-corrected chi connectivity index (χ4v) is 7.12. The number of aliphatic carboxylic acids is 2. The summed E-state index contributed by atoms with van der Waals surface area (Å²) in [7, 11) is -9.87. The molecule has 0 heterocycles. The van der Waals surface area contributed by atoms with E-state index in [0.717, 1.165) is 0 Å². The number of aliphatic imine (C=N–C) groups is 2. The number of carboxylic acid groups (broad SMARTS) is 2. The van der Waals surface area contributed by atoms with Crippen LogP contribution < -0.4 is 32.3 Å². The van der Waals surface area contributed by atoms with Crippen molar-refractivity contribution >= 4 is 107 Å². The standard InChI is InChI=1S/C43H34N8O15S2/c1-21-31(5-3-7-33(21)50-48-25-13-9-23(10-14-25)39(54)44-35-19-27(67(61,62)63)17-29(37(35)52)41(56)57)46-43(60)47-32-6-4-8-34(22(32)2)51-49-26-15-11-24(12-16-26)40(55)45-36-20-28(68(64,65)66)18-30(38(36)53)42(58)59/h3-20,48-51H,1-2H3,(H,56,57)(H,58,59)(H2,46,47,60)(H,61,62,63)(H,64,65,66). The van der Waals surface area contributed by atoms with E-state index in [2.05, 4.69) is 42.3 Å². The first-order chi connectivity index (χ1) is 32.0. The van der Waals surface area contributed by atoms with Crippen LogP contribution in [-0.2, 0) is 39.4 Å². The lowest BCUT2D eigenvalue weighted by Crippen LogP contribution is -2.26. The number of carbonyl (C=O) groups is 7. The van der Waals surface area contributed by atoms with Gasteiger partial charge < -0.3 is 42.5 Å². The molecule has 0 atom stereocenters. The molecule has 0 fully saturated rings. The van der Waals surface area contributed by atoms with Crippen molar-refractivity contribution in [2.75, 3.05) is 32.3 Å². The third kappa shape index (κ3) is 11.5. The van der Waals surface area contributed by atoms with Crippen LogP contribution >= 0.6 is 0 Å². The molecule has 10 N–H and O–H groups in total. The second-order valence-electron chi connectivity index (χ2n) is 14.2. The van der Waals surface area contributed by atoms with Crippen molar-refractivity contribution in [2.45, 2.75) is 13.8 Å². The van der Waals surface area contributed by atoms with Gasteiger partial charge in [-0.05, 0) is 122 Å².